The van der Waals surface area contributed by atoms with Crippen LogP contribution in [0.5, 0.6) is 0 Å². The number of nitrogens with zero attached hydrogens (tertiary/aromatic N) is 3. The van der Waals surface area contributed by atoms with E-state index in [1.807, 2.05) is 6.07 Å². The molecule has 1 N–H and O–H groups in total. The lowest BCUT2D eigenvalue weighted by molar-refractivity contribution is 0.103. The highest BCUT2D eigenvalue weighted by molar-refractivity contribution is 7.92. The number of rotatable bonds is 6. The molecule has 1 aromatic heterocycles. The molecular weight excluding hydrogens is 402 g/mol. The monoisotopic (exact) mass is 416 g/mol. The predicted molar refractivity (Wildman–Crippen MR) is 102 cm³/mol. The third-order valence-electron chi connectivity index (χ3n) is 3.94. The first kappa shape index (κ1) is 20.3. The van der Waals surface area contributed by atoms with Crippen molar-refractivity contribution in [2.24, 2.45) is 0 Å². The van der Waals surface area contributed by atoms with Crippen molar-refractivity contribution in [3.05, 3.63) is 65.0 Å². The van der Waals surface area contributed by atoms with E-state index >= 15 is 0 Å². The zero-order valence-electron chi connectivity index (χ0n) is 15.1. The number of ketones is 1. The van der Waals surface area contributed by atoms with Crippen LogP contribution in [0, 0.1) is 23.0 Å². The van der Waals surface area contributed by atoms with Crippen molar-refractivity contribution in [1.29, 1.82) is 5.26 Å². The molecule has 0 amide bonds. The largest absolute Gasteiger partial charge is 0.288 e. The second-order valence-corrected chi connectivity index (χ2v) is 7.98. The Kier molecular flexibility index (Phi) is 5.52. The van der Waals surface area contributed by atoms with Crippen LogP contribution >= 0.6 is 0 Å². The first-order valence-corrected chi connectivity index (χ1v) is 10.1. The average Bonchev–Trinajstić information content (AvgIpc) is 2.68. The molecule has 29 heavy (non-hydrogen) atoms. The number of fused-ring (bicyclic) bond motifs is 1. The van der Waals surface area contributed by atoms with E-state index < -0.39 is 33.0 Å². The molecule has 0 aliphatic carbocycles. The number of sulfonamides is 1. The van der Waals surface area contributed by atoms with Gasteiger partial charge in [-0.2, -0.15) is 5.26 Å². The van der Waals surface area contributed by atoms with E-state index in [0.29, 0.717) is 18.0 Å². The van der Waals surface area contributed by atoms with E-state index in [2.05, 4.69) is 14.7 Å². The van der Waals surface area contributed by atoms with Gasteiger partial charge in [-0.1, -0.05) is 6.92 Å². The molecule has 0 atom stereocenters. The number of aromatic nitrogens is 2. The summed E-state index contributed by atoms with van der Waals surface area (Å²) >= 11 is 0. The van der Waals surface area contributed by atoms with Gasteiger partial charge in [0.2, 0.25) is 10.0 Å². The Morgan fingerprint density at radius 2 is 1.97 bits per heavy atom. The smallest absolute Gasteiger partial charge is 0.232 e. The Bertz CT molecular complexity index is 1270. The van der Waals surface area contributed by atoms with Crippen LogP contribution in [0.1, 0.15) is 35.0 Å². The van der Waals surface area contributed by atoms with Crippen molar-refractivity contribution in [3.8, 4) is 6.07 Å². The molecule has 148 valence electrons. The number of benzene rings is 2. The van der Waals surface area contributed by atoms with Gasteiger partial charge in [-0.05, 0) is 30.7 Å². The number of carbonyl (C=O) groups is 1. The van der Waals surface area contributed by atoms with Crippen molar-refractivity contribution in [2.45, 2.75) is 13.3 Å². The van der Waals surface area contributed by atoms with Crippen molar-refractivity contribution >= 4 is 32.5 Å². The van der Waals surface area contributed by atoms with Crippen molar-refractivity contribution in [1.82, 2.24) is 9.97 Å². The quantitative estimate of drug-likeness (QED) is 0.618. The van der Waals surface area contributed by atoms with Crippen LogP contribution in [0.15, 0.2) is 36.5 Å². The summed E-state index contributed by atoms with van der Waals surface area (Å²) in [4.78, 5) is 20.8. The molecule has 7 nitrogen and oxygen atoms in total. The van der Waals surface area contributed by atoms with Gasteiger partial charge in [-0.3, -0.25) is 14.5 Å². The molecule has 3 aromatic rings. The van der Waals surface area contributed by atoms with Gasteiger partial charge in [0.25, 0.3) is 0 Å². The van der Waals surface area contributed by atoms with Gasteiger partial charge >= 0.3 is 0 Å². The van der Waals surface area contributed by atoms with Gasteiger partial charge in [-0.25, -0.2) is 22.2 Å². The molecule has 1 heterocycles. The maximum Gasteiger partial charge on any atom is 0.232 e. The highest BCUT2D eigenvalue weighted by atomic mass is 32.2. The number of nitrogens with one attached hydrogen (secondary N) is 1. The molecule has 3 rings (SSSR count). The first-order chi connectivity index (χ1) is 13.7. The Morgan fingerprint density at radius 1 is 1.21 bits per heavy atom. The van der Waals surface area contributed by atoms with E-state index in [-0.39, 0.29) is 28.2 Å². The summed E-state index contributed by atoms with van der Waals surface area (Å²) in [6.45, 7) is 1.65. The Balaban J connectivity index is 2.04. The number of nitriles is 1. The molecule has 0 spiro atoms. The lowest BCUT2D eigenvalue weighted by Gasteiger charge is -2.10. The van der Waals surface area contributed by atoms with Crippen LogP contribution in [-0.4, -0.2) is 29.9 Å². The molecule has 0 aliphatic rings. The average molecular weight is 416 g/mol. The first-order valence-electron chi connectivity index (χ1n) is 8.45. The molecule has 0 radical (unpaired) electrons. The molecule has 0 fully saturated rings. The third kappa shape index (κ3) is 4.35. The van der Waals surface area contributed by atoms with Gasteiger partial charge in [0.1, 0.15) is 6.07 Å². The summed E-state index contributed by atoms with van der Waals surface area (Å²) in [5.74, 6) is -3.84. The summed E-state index contributed by atoms with van der Waals surface area (Å²) in [7, 11) is -3.76. The minimum Gasteiger partial charge on any atom is -0.288 e. The fraction of sp³-hybridized carbons (Fsp3) is 0.158. The Morgan fingerprint density at radius 3 is 2.66 bits per heavy atom. The van der Waals surface area contributed by atoms with Gasteiger partial charge < -0.3 is 0 Å². The maximum absolute atomic E-state index is 14.3. The summed E-state index contributed by atoms with van der Waals surface area (Å²) < 4.78 is 54.2. The van der Waals surface area contributed by atoms with E-state index in [1.54, 1.807) is 6.92 Å². The molecule has 0 unspecified atom stereocenters. The van der Waals surface area contributed by atoms with Gasteiger partial charge in [0.05, 0.1) is 34.2 Å². The molecule has 0 saturated heterocycles. The number of anilines is 1. The third-order valence-corrected chi connectivity index (χ3v) is 5.43. The van der Waals surface area contributed by atoms with Gasteiger partial charge in [0, 0.05) is 11.6 Å². The van der Waals surface area contributed by atoms with Crippen molar-refractivity contribution in [3.63, 3.8) is 0 Å². The van der Waals surface area contributed by atoms with Crippen molar-refractivity contribution < 1.29 is 22.0 Å². The molecule has 0 aliphatic heterocycles. The highest BCUT2D eigenvalue weighted by Gasteiger charge is 2.21. The molecule has 0 bridgehead atoms. The lowest BCUT2D eigenvalue weighted by atomic mass is 10.0. The van der Waals surface area contributed by atoms with E-state index in [0.717, 1.165) is 6.07 Å². The summed E-state index contributed by atoms with van der Waals surface area (Å²) in [5.41, 5.74) is -0.236. The fourth-order valence-electron chi connectivity index (χ4n) is 2.67. The molecule has 10 heteroatoms. The van der Waals surface area contributed by atoms with Crippen LogP contribution in [0.2, 0.25) is 0 Å². The van der Waals surface area contributed by atoms with E-state index in [1.165, 1.54) is 24.4 Å². The predicted octanol–water partition coefficient (Wildman–Crippen LogP) is 3.16. The minimum atomic E-state index is -3.76. The summed E-state index contributed by atoms with van der Waals surface area (Å²) in [5, 5.41) is 8.92. The standard InChI is InChI=1S/C19H14F2N4O3S/c1-2-5-29(27,28)25-12-7-14(18(21)15(20)8-12)19(26)11-3-4-16-17(6-11)24-13(9-22)10-23-16/h3-4,6-8,10,25H,2,5H2,1H3. The van der Waals surface area contributed by atoms with Gasteiger partial charge in [-0.15, -0.1) is 0 Å². The molecule has 2 aromatic carbocycles. The number of hydrogen-bond donors (Lipinski definition) is 1. The van der Waals surface area contributed by atoms with Crippen LogP contribution in [-0.2, 0) is 10.0 Å². The zero-order valence-corrected chi connectivity index (χ0v) is 15.9. The van der Waals surface area contributed by atoms with Gasteiger partial charge in [0.15, 0.2) is 23.1 Å². The lowest BCUT2D eigenvalue weighted by Crippen LogP contribution is -2.17. The Hall–Kier alpha value is -3.45. The Labute approximate surface area is 165 Å². The van der Waals surface area contributed by atoms with E-state index in [9.17, 15) is 22.0 Å². The molecular formula is C19H14F2N4O3S. The maximum atomic E-state index is 14.3. The van der Waals surface area contributed by atoms with Crippen LogP contribution in [0.25, 0.3) is 11.0 Å². The zero-order chi connectivity index (χ0) is 21.2. The second kappa shape index (κ2) is 7.89. The normalized spacial score (nSPS) is 11.2. The second-order valence-electron chi connectivity index (χ2n) is 6.14. The van der Waals surface area contributed by atoms with Crippen molar-refractivity contribution in [2.75, 3.05) is 10.5 Å². The number of halogens is 2. The van der Waals surface area contributed by atoms with E-state index in [4.69, 9.17) is 5.26 Å². The molecule has 0 saturated carbocycles. The fourth-order valence-corrected chi connectivity index (χ4v) is 3.79. The van der Waals surface area contributed by atoms with Crippen LogP contribution in [0.4, 0.5) is 14.5 Å². The number of hydrogen-bond acceptors (Lipinski definition) is 6. The highest BCUT2D eigenvalue weighted by Crippen LogP contribution is 2.24. The summed E-state index contributed by atoms with van der Waals surface area (Å²) in [6, 6.07) is 7.55. The number of carbonyl (C=O) groups excluding carboxylic acids is 1. The van der Waals surface area contributed by atoms with Crippen LogP contribution in [0.3, 0.4) is 0 Å². The topological polar surface area (TPSA) is 113 Å². The summed E-state index contributed by atoms with van der Waals surface area (Å²) in [6.07, 6.45) is 1.60. The van der Waals surface area contributed by atoms with Crippen LogP contribution < -0.4 is 4.72 Å². The minimum absolute atomic E-state index is 0.0197. The SMILES string of the molecule is CCCS(=O)(=O)Nc1cc(F)c(F)c(C(=O)c2ccc3ncc(C#N)nc3c2)c1.